The fraction of sp³-hybridized carbons (Fsp3) is 1.00. The maximum absolute atomic E-state index is 3.52. The first-order valence-corrected chi connectivity index (χ1v) is 7.20. The highest BCUT2D eigenvalue weighted by molar-refractivity contribution is 4.92. The number of nitrogens with one attached hydrogen (secondary N) is 1. The van der Waals surface area contributed by atoms with Crippen LogP contribution in [-0.4, -0.2) is 37.1 Å². The van der Waals surface area contributed by atoms with Crippen LogP contribution in [0.2, 0.25) is 0 Å². The third-order valence-electron chi connectivity index (χ3n) is 4.40. The Kier molecular flexibility index (Phi) is 5.77. The third-order valence-corrected chi connectivity index (χ3v) is 4.40. The van der Waals surface area contributed by atoms with Crippen LogP contribution in [0.25, 0.3) is 0 Å². The van der Waals surface area contributed by atoms with Crippen LogP contribution in [-0.2, 0) is 0 Å². The lowest BCUT2D eigenvalue weighted by Crippen LogP contribution is -2.44. The molecule has 2 aliphatic rings. The van der Waals surface area contributed by atoms with Crippen molar-refractivity contribution in [3.05, 3.63) is 0 Å². The van der Waals surface area contributed by atoms with Gasteiger partial charge in [0.2, 0.25) is 0 Å². The number of rotatable bonds is 2. The predicted octanol–water partition coefficient (Wildman–Crippen LogP) is 2.89. The van der Waals surface area contributed by atoms with E-state index in [-0.39, 0.29) is 0 Å². The molecule has 0 amide bonds. The average molecular weight is 226 g/mol. The number of piperidine rings is 1. The van der Waals surface area contributed by atoms with Crippen molar-refractivity contribution in [3.8, 4) is 0 Å². The largest absolute Gasteiger partial charge is 0.316 e. The van der Waals surface area contributed by atoms with Gasteiger partial charge in [0.15, 0.2) is 0 Å². The molecule has 2 rings (SSSR count). The van der Waals surface area contributed by atoms with Gasteiger partial charge in [-0.1, -0.05) is 20.8 Å². The molecule has 2 nitrogen and oxygen atoms in total. The van der Waals surface area contributed by atoms with Crippen molar-refractivity contribution in [1.29, 1.82) is 0 Å². The van der Waals surface area contributed by atoms with Crippen LogP contribution >= 0.6 is 0 Å². The molecule has 96 valence electrons. The molecule has 0 aliphatic carbocycles. The van der Waals surface area contributed by atoms with Crippen LogP contribution in [0.4, 0.5) is 0 Å². The Hall–Kier alpha value is -0.0800. The van der Waals surface area contributed by atoms with Crippen molar-refractivity contribution < 1.29 is 0 Å². The lowest BCUT2D eigenvalue weighted by atomic mass is 9.77. The van der Waals surface area contributed by atoms with E-state index in [1.807, 2.05) is 13.8 Å². The lowest BCUT2D eigenvalue weighted by Gasteiger charge is -2.41. The summed E-state index contributed by atoms with van der Waals surface area (Å²) in [6.07, 6.45) is 5.56. The highest BCUT2D eigenvalue weighted by atomic mass is 15.2. The standard InChI is InChI=1S/C12H24N2.C2H6/c1-3-11(2)14-8-5-12(6-9-14)4-7-13-10-12;1-2/h11,13H,3-10H2,1-2H3;1-2H3. The minimum atomic E-state index is 0.684. The third kappa shape index (κ3) is 3.21. The average Bonchev–Trinajstić information content (AvgIpc) is 2.80. The van der Waals surface area contributed by atoms with E-state index in [0.717, 1.165) is 6.04 Å². The summed E-state index contributed by atoms with van der Waals surface area (Å²) in [5.41, 5.74) is 0.684. The Morgan fingerprint density at radius 3 is 2.25 bits per heavy atom. The molecule has 1 spiro atoms. The van der Waals surface area contributed by atoms with Gasteiger partial charge < -0.3 is 10.2 Å². The normalized spacial score (nSPS) is 26.2. The summed E-state index contributed by atoms with van der Waals surface area (Å²) in [6, 6.07) is 0.793. The van der Waals surface area contributed by atoms with Gasteiger partial charge in [-0.3, -0.25) is 0 Å². The first-order valence-electron chi connectivity index (χ1n) is 7.20. The first-order chi connectivity index (χ1) is 7.76. The van der Waals surface area contributed by atoms with E-state index in [2.05, 4.69) is 24.1 Å². The summed E-state index contributed by atoms with van der Waals surface area (Å²) in [4.78, 5) is 2.67. The van der Waals surface area contributed by atoms with Crippen molar-refractivity contribution in [2.45, 2.75) is 59.4 Å². The summed E-state index contributed by atoms with van der Waals surface area (Å²) >= 11 is 0. The number of nitrogens with zero attached hydrogens (tertiary/aromatic N) is 1. The van der Waals surface area contributed by atoms with E-state index in [0.29, 0.717) is 5.41 Å². The van der Waals surface area contributed by atoms with Gasteiger partial charge in [0, 0.05) is 12.6 Å². The number of hydrogen-bond donors (Lipinski definition) is 1. The molecule has 2 aliphatic heterocycles. The quantitative estimate of drug-likeness (QED) is 0.779. The van der Waals surface area contributed by atoms with Crippen molar-refractivity contribution in [2.75, 3.05) is 26.2 Å². The Balaban J connectivity index is 0.000000606. The summed E-state index contributed by atoms with van der Waals surface area (Å²) < 4.78 is 0. The molecule has 1 atom stereocenters. The highest BCUT2D eigenvalue weighted by Gasteiger charge is 2.37. The molecule has 0 bridgehead atoms. The smallest absolute Gasteiger partial charge is 0.00643 e. The Labute approximate surface area is 102 Å². The monoisotopic (exact) mass is 226 g/mol. The van der Waals surface area contributed by atoms with Crippen molar-refractivity contribution in [1.82, 2.24) is 10.2 Å². The molecule has 2 fully saturated rings. The maximum atomic E-state index is 3.52. The minimum absolute atomic E-state index is 0.684. The predicted molar refractivity (Wildman–Crippen MR) is 71.8 cm³/mol. The minimum Gasteiger partial charge on any atom is -0.316 e. The van der Waals surface area contributed by atoms with E-state index >= 15 is 0 Å². The molecular weight excluding hydrogens is 196 g/mol. The zero-order valence-electron chi connectivity index (χ0n) is 11.7. The molecule has 1 N–H and O–H groups in total. The Bertz CT molecular complexity index is 175. The summed E-state index contributed by atoms with van der Waals surface area (Å²) in [6.45, 7) is 13.9. The first kappa shape index (κ1) is 14.0. The van der Waals surface area contributed by atoms with Crippen molar-refractivity contribution in [2.24, 2.45) is 5.41 Å². The Morgan fingerprint density at radius 1 is 1.19 bits per heavy atom. The summed E-state index contributed by atoms with van der Waals surface area (Å²) in [5, 5.41) is 3.52. The zero-order chi connectivity index (χ0) is 12.0. The van der Waals surface area contributed by atoms with Gasteiger partial charge in [-0.25, -0.2) is 0 Å². The molecule has 0 radical (unpaired) electrons. The van der Waals surface area contributed by atoms with Crippen LogP contribution in [0.15, 0.2) is 0 Å². The lowest BCUT2D eigenvalue weighted by molar-refractivity contribution is 0.0883. The second-order valence-electron chi connectivity index (χ2n) is 5.22. The summed E-state index contributed by atoms with van der Waals surface area (Å²) in [7, 11) is 0. The molecule has 1 unspecified atom stereocenters. The SMILES string of the molecule is CC.CCC(C)N1CCC2(CCNC2)CC1. The van der Waals surface area contributed by atoms with Crippen LogP contribution in [0.1, 0.15) is 53.4 Å². The molecule has 0 saturated carbocycles. The van der Waals surface area contributed by atoms with Crippen LogP contribution in [0.5, 0.6) is 0 Å². The van der Waals surface area contributed by atoms with E-state index in [1.54, 1.807) is 0 Å². The van der Waals surface area contributed by atoms with Crippen molar-refractivity contribution in [3.63, 3.8) is 0 Å². The maximum Gasteiger partial charge on any atom is 0.00643 e. The van der Waals surface area contributed by atoms with Gasteiger partial charge in [-0.2, -0.15) is 0 Å². The number of hydrogen-bond acceptors (Lipinski definition) is 2. The van der Waals surface area contributed by atoms with Gasteiger partial charge in [-0.05, 0) is 57.7 Å². The van der Waals surface area contributed by atoms with Crippen molar-refractivity contribution >= 4 is 0 Å². The van der Waals surface area contributed by atoms with Crippen LogP contribution in [0.3, 0.4) is 0 Å². The van der Waals surface area contributed by atoms with E-state index in [9.17, 15) is 0 Å². The van der Waals surface area contributed by atoms with Gasteiger partial charge >= 0.3 is 0 Å². The van der Waals surface area contributed by atoms with Crippen LogP contribution in [0, 0.1) is 5.41 Å². The van der Waals surface area contributed by atoms with E-state index < -0.39 is 0 Å². The van der Waals surface area contributed by atoms with Gasteiger partial charge in [0.25, 0.3) is 0 Å². The molecule has 0 aromatic carbocycles. The molecular formula is C14H30N2. The van der Waals surface area contributed by atoms with E-state index in [4.69, 9.17) is 0 Å². The molecule has 2 saturated heterocycles. The molecule has 2 heteroatoms. The van der Waals surface area contributed by atoms with Gasteiger partial charge in [0.05, 0.1) is 0 Å². The van der Waals surface area contributed by atoms with Gasteiger partial charge in [0.1, 0.15) is 0 Å². The Morgan fingerprint density at radius 2 is 1.81 bits per heavy atom. The summed E-state index contributed by atoms with van der Waals surface area (Å²) in [5.74, 6) is 0. The highest BCUT2D eigenvalue weighted by Crippen LogP contribution is 2.37. The topological polar surface area (TPSA) is 15.3 Å². The molecule has 0 aromatic heterocycles. The molecule has 16 heavy (non-hydrogen) atoms. The van der Waals surface area contributed by atoms with Gasteiger partial charge in [-0.15, -0.1) is 0 Å². The molecule has 2 heterocycles. The second-order valence-corrected chi connectivity index (χ2v) is 5.22. The fourth-order valence-electron chi connectivity index (χ4n) is 2.92. The fourth-order valence-corrected chi connectivity index (χ4v) is 2.92. The number of likely N-dealkylation sites (tertiary alicyclic amines) is 1. The molecule has 0 aromatic rings. The second kappa shape index (κ2) is 6.61. The zero-order valence-corrected chi connectivity index (χ0v) is 11.7. The van der Waals surface area contributed by atoms with E-state index in [1.165, 1.54) is 51.9 Å². The van der Waals surface area contributed by atoms with Crippen LogP contribution < -0.4 is 5.32 Å².